The van der Waals surface area contributed by atoms with Gasteiger partial charge in [-0.25, -0.2) is 4.39 Å². The zero-order chi connectivity index (χ0) is 14.2. The lowest BCUT2D eigenvalue weighted by molar-refractivity contribution is 0.103. The minimum absolute atomic E-state index is 0.146. The number of rotatable bonds is 2. The van der Waals surface area contributed by atoms with E-state index in [1.807, 2.05) is 6.92 Å². The van der Waals surface area contributed by atoms with Gasteiger partial charge in [0, 0.05) is 4.47 Å². The van der Waals surface area contributed by atoms with E-state index in [1.165, 1.54) is 17.4 Å². The van der Waals surface area contributed by atoms with Crippen LogP contribution in [0.15, 0.2) is 26.5 Å². The summed E-state index contributed by atoms with van der Waals surface area (Å²) >= 11 is 13.8. The van der Waals surface area contributed by atoms with Gasteiger partial charge in [0.2, 0.25) is 0 Å². The van der Waals surface area contributed by atoms with E-state index >= 15 is 0 Å². The van der Waals surface area contributed by atoms with Crippen molar-refractivity contribution in [1.82, 2.24) is 0 Å². The molecule has 1 N–H and O–H groups in total. The number of nitrogens with one attached hydrogen (secondary N) is 1. The van der Waals surface area contributed by atoms with Crippen LogP contribution in [0.2, 0.25) is 5.02 Å². The highest BCUT2D eigenvalue weighted by Gasteiger charge is 2.15. The van der Waals surface area contributed by atoms with Crippen LogP contribution in [0.1, 0.15) is 15.2 Å². The molecule has 7 heteroatoms. The van der Waals surface area contributed by atoms with Gasteiger partial charge in [-0.1, -0.05) is 11.6 Å². The Balaban J connectivity index is 2.29. The normalized spacial score (nSPS) is 10.6. The number of thiophene rings is 1. The Hall–Kier alpha value is -0.430. The molecule has 0 aliphatic rings. The van der Waals surface area contributed by atoms with E-state index in [2.05, 4.69) is 37.2 Å². The topological polar surface area (TPSA) is 29.1 Å². The Bertz CT molecular complexity index is 617. The predicted molar refractivity (Wildman–Crippen MR) is 83.8 cm³/mol. The molecule has 1 aromatic carbocycles. The van der Waals surface area contributed by atoms with Gasteiger partial charge in [-0.2, -0.15) is 0 Å². The monoisotopic (exact) mass is 425 g/mol. The van der Waals surface area contributed by atoms with Gasteiger partial charge in [-0.05, 0) is 62.5 Å². The fourth-order valence-corrected chi connectivity index (χ4v) is 3.74. The van der Waals surface area contributed by atoms with Crippen molar-refractivity contribution in [2.45, 2.75) is 6.92 Å². The second-order valence-corrected chi connectivity index (χ2v) is 7.40. The lowest BCUT2D eigenvalue weighted by atomic mass is 10.3. The molecule has 19 heavy (non-hydrogen) atoms. The van der Waals surface area contributed by atoms with Crippen molar-refractivity contribution >= 4 is 66.4 Å². The first-order chi connectivity index (χ1) is 8.88. The van der Waals surface area contributed by atoms with Crippen LogP contribution in [0, 0.1) is 12.7 Å². The van der Waals surface area contributed by atoms with Crippen molar-refractivity contribution in [3.63, 3.8) is 0 Å². The maximum absolute atomic E-state index is 13.1. The molecule has 1 heterocycles. The molecule has 0 aliphatic carbocycles. The van der Waals surface area contributed by atoms with E-state index in [9.17, 15) is 9.18 Å². The van der Waals surface area contributed by atoms with Gasteiger partial charge in [0.25, 0.3) is 5.91 Å². The number of aryl methyl sites for hydroxylation is 1. The fourth-order valence-electron chi connectivity index (χ4n) is 1.41. The van der Waals surface area contributed by atoms with Crippen LogP contribution in [0.4, 0.5) is 10.1 Å². The molecule has 0 atom stereocenters. The Morgan fingerprint density at radius 2 is 2.05 bits per heavy atom. The van der Waals surface area contributed by atoms with E-state index < -0.39 is 5.82 Å². The molecule has 0 spiro atoms. The van der Waals surface area contributed by atoms with Gasteiger partial charge in [-0.15, -0.1) is 11.3 Å². The van der Waals surface area contributed by atoms with Crippen LogP contribution in [0.5, 0.6) is 0 Å². The van der Waals surface area contributed by atoms with Crippen molar-refractivity contribution in [3.05, 3.63) is 47.7 Å². The molecule has 0 radical (unpaired) electrons. The maximum atomic E-state index is 13.1. The Morgan fingerprint density at radius 1 is 1.37 bits per heavy atom. The number of carbonyl (C=O) groups is 1. The molecule has 0 bridgehead atoms. The number of hydrogen-bond acceptors (Lipinski definition) is 2. The number of benzene rings is 1. The van der Waals surface area contributed by atoms with Gasteiger partial charge in [0.1, 0.15) is 5.82 Å². The summed E-state index contributed by atoms with van der Waals surface area (Å²) < 4.78 is 14.4. The van der Waals surface area contributed by atoms with E-state index in [1.54, 1.807) is 6.07 Å². The van der Waals surface area contributed by atoms with Crippen molar-refractivity contribution < 1.29 is 9.18 Å². The van der Waals surface area contributed by atoms with Crippen LogP contribution < -0.4 is 5.32 Å². The summed E-state index contributed by atoms with van der Waals surface area (Å²) in [6.07, 6.45) is 0. The summed E-state index contributed by atoms with van der Waals surface area (Å²) in [6.45, 7) is 1.90. The molecular weight excluding hydrogens is 420 g/mol. The first kappa shape index (κ1) is 15.0. The minimum atomic E-state index is -0.468. The van der Waals surface area contributed by atoms with Gasteiger partial charge in [0.15, 0.2) is 0 Å². The first-order valence-corrected chi connectivity index (χ1v) is 7.88. The average molecular weight is 428 g/mol. The molecule has 2 nitrogen and oxygen atoms in total. The molecule has 0 fully saturated rings. The molecule has 0 saturated heterocycles. The van der Waals surface area contributed by atoms with Crippen LogP contribution in [0.3, 0.4) is 0 Å². The summed E-state index contributed by atoms with van der Waals surface area (Å²) in [5.41, 5.74) is 1.34. The van der Waals surface area contributed by atoms with Crippen LogP contribution in [-0.2, 0) is 0 Å². The zero-order valence-corrected chi connectivity index (χ0v) is 14.3. The Kier molecular flexibility index (Phi) is 4.66. The summed E-state index contributed by atoms with van der Waals surface area (Å²) in [4.78, 5) is 12.6. The number of carbonyl (C=O) groups excluding carboxylic acids is 1. The highest BCUT2D eigenvalue weighted by atomic mass is 79.9. The van der Waals surface area contributed by atoms with Crippen molar-refractivity contribution in [1.29, 1.82) is 0 Å². The largest absolute Gasteiger partial charge is 0.319 e. The molecule has 1 aromatic heterocycles. The zero-order valence-electron chi connectivity index (χ0n) is 9.56. The van der Waals surface area contributed by atoms with Gasteiger partial charge < -0.3 is 5.32 Å². The van der Waals surface area contributed by atoms with E-state index in [0.29, 0.717) is 15.0 Å². The van der Waals surface area contributed by atoms with Gasteiger partial charge >= 0.3 is 0 Å². The van der Waals surface area contributed by atoms with Crippen molar-refractivity contribution in [2.24, 2.45) is 0 Å². The summed E-state index contributed by atoms with van der Waals surface area (Å²) in [5.74, 6) is -0.752. The molecule has 0 aliphatic heterocycles. The predicted octanol–water partition coefficient (Wildman–Crippen LogP) is 5.63. The van der Waals surface area contributed by atoms with Gasteiger partial charge in [0.05, 0.1) is 19.4 Å². The fraction of sp³-hybridized carbons (Fsp3) is 0.0833. The standard InChI is InChI=1S/C12H7Br2ClFNOS/c1-5-2-9(19-11(5)14)12(18)17-10-7(13)3-6(16)4-8(10)15/h2-4H,1H3,(H,17,18). The molecule has 1 amide bonds. The summed E-state index contributed by atoms with van der Waals surface area (Å²) in [5, 5.41) is 2.81. The maximum Gasteiger partial charge on any atom is 0.265 e. The smallest absolute Gasteiger partial charge is 0.265 e. The van der Waals surface area contributed by atoms with E-state index in [-0.39, 0.29) is 10.9 Å². The Labute approximate surface area is 135 Å². The Morgan fingerprint density at radius 3 is 2.58 bits per heavy atom. The average Bonchev–Trinajstić information content (AvgIpc) is 2.64. The molecule has 2 rings (SSSR count). The summed E-state index contributed by atoms with van der Waals surface area (Å²) in [6, 6.07) is 4.17. The number of amides is 1. The molecular formula is C12H7Br2ClFNOS. The number of hydrogen-bond donors (Lipinski definition) is 1. The first-order valence-electron chi connectivity index (χ1n) is 5.10. The van der Waals surface area contributed by atoms with Crippen LogP contribution in [-0.4, -0.2) is 5.91 Å². The van der Waals surface area contributed by atoms with Crippen LogP contribution >= 0.6 is 54.8 Å². The molecule has 100 valence electrons. The quantitative estimate of drug-likeness (QED) is 0.662. The summed E-state index contributed by atoms with van der Waals surface area (Å²) in [7, 11) is 0. The number of halogens is 4. The third-order valence-corrected chi connectivity index (χ3v) is 5.39. The number of anilines is 1. The van der Waals surface area contributed by atoms with Gasteiger partial charge in [-0.3, -0.25) is 4.79 Å². The van der Waals surface area contributed by atoms with E-state index in [4.69, 9.17) is 11.6 Å². The van der Waals surface area contributed by atoms with E-state index in [0.717, 1.165) is 15.4 Å². The molecule has 0 unspecified atom stereocenters. The van der Waals surface area contributed by atoms with Crippen LogP contribution in [0.25, 0.3) is 0 Å². The minimum Gasteiger partial charge on any atom is -0.319 e. The SMILES string of the molecule is Cc1cc(C(=O)Nc2c(Cl)cc(F)cc2Br)sc1Br. The molecule has 2 aromatic rings. The highest BCUT2D eigenvalue weighted by molar-refractivity contribution is 9.11. The van der Waals surface area contributed by atoms with Crippen molar-refractivity contribution in [3.8, 4) is 0 Å². The lowest BCUT2D eigenvalue weighted by Crippen LogP contribution is -2.11. The lowest BCUT2D eigenvalue weighted by Gasteiger charge is -2.08. The second kappa shape index (κ2) is 5.91. The second-order valence-electron chi connectivity index (χ2n) is 3.77. The third kappa shape index (κ3) is 3.37. The highest BCUT2D eigenvalue weighted by Crippen LogP contribution is 2.33. The van der Waals surface area contributed by atoms with Crippen molar-refractivity contribution in [2.75, 3.05) is 5.32 Å². The molecule has 0 saturated carbocycles. The third-order valence-electron chi connectivity index (χ3n) is 2.33.